The number of carbonyl (C=O) groups is 1. The van der Waals surface area contributed by atoms with Crippen LogP contribution in [0.3, 0.4) is 0 Å². The molecule has 0 fully saturated rings. The summed E-state index contributed by atoms with van der Waals surface area (Å²) in [6, 6.07) is 9.84. The summed E-state index contributed by atoms with van der Waals surface area (Å²) >= 11 is 4.80. The number of esters is 1. The molecule has 0 aliphatic rings. The number of carbonyl (C=O) groups excluding carboxylic acids is 1. The van der Waals surface area contributed by atoms with Crippen molar-refractivity contribution in [2.75, 3.05) is 12.3 Å². The molecule has 2 rings (SSSR count). The summed E-state index contributed by atoms with van der Waals surface area (Å²) < 4.78 is 5.92. The number of ether oxygens (including phenoxy) is 1. The number of nitrogen functional groups attached to an aromatic ring is 1. The van der Waals surface area contributed by atoms with Crippen LogP contribution in [0.5, 0.6) is 0 Å². The fourth-order valence-electron chi connectivity index (χ4n) is 1.84. The van der Waals surface area contributed by atoms with Gasteiger partial charge in [-0.1, -0.05) is 15.9 Å². The Morgan fingerprint density at radius 3 is 1.85 bits per heavy atom. The van der Waals surface area contributed by atoms with Crippen LogP contribution in [0, 0.1) is 23.3 Å². The fourth-order valence-corrected chi connectivity index (χ4v) is 2.86. The minimum atomic E-state index is -1.69. The van der Waals surface area contributed by atoms with E-state index in [2.05, 4.69) is 46.3 Å². The summed E-state index contributed by atoms with van der Waals surface area (Å²) in [7, 11) is 10.5. The molecule has 0 aliphatic heterocycles. The Labute approximate surface area is 231 Å². The van der Waals surface area contributed by atoms with Crippen LogP contribution < -0.4 is 5.73 Å². The first-order valence-corrected chi connectivity index (χ1v) is 22.7. The summed E-state index contributed by atoms with van der Waals surface area (Å²) in [4.78, 5) is 28.1. The molecule has 0 aromatic heterocycles. The SMILES string of the molecule is CCOC(C)=O.[C-]#[N+]Cc1ccc(N)cc1Br.[C-]#[N+]Cc1ccc([N+](=O)[O-])cc1Br.[CH3][SnH]([Cl])[Cl]. The number of nitrogens with two attached hydrogens (primary N) is 1. The molecule has 0 heterocycles. The van der Waals surface area contributed by atoms with Gasteiger partial charge in [0.05, 0.1) is 11.5 Å². The molecule has 8 nitrogen and oxygen atoms in total. The topological polar surface area (TPSA) is 104 Å². The van der Waals surface area contributed by atoms with Crippen LogP contribution in [-0.4, -0.2) is 35.0 Å². The van der Waals surface area contributed by atoms with Crippen molar-refractivity contribution in [3.63, 3.8) is 0 Å². The molecule has 0 amide bonds. The molecule has 0 spiro atoms. The van der Waals surface area contributed by atoms with Gasteiger partial charge in [-0.15, -0.1) is 0 Å². The van der Waals surface area contributed by atoms with Gasteiger partial charge in [0.2, 0.25) is 13.1 Å². The van der Waals surface area contributed by atoms with Crippen molar-refractivity contribution < 1.29 is 14.5 Å². The van der Waals surface area contributed by atoms with E-state index in [1.807, 2.05) is 11.0 Å². The van der Waals surface area contributed by atoms with Crippen molar-refractivity contribution in [1.82, 2.24) is 0 Å². The van der Waals surface area contributed by atoms with Crippen molar-refractivity contribution in [2.45, 2.75) is 31.9 Å². The molecular weight excluding hydrogens is 722 g/mol. The second-order valence-electron chi connectivity index (χ2n) is 5.96. The summed E-state index contributed by atoms with van der Waals surface area (Å²) in [5.74, 6) is -0.211. The van der Waals surface area contributed by atoms with E-state index in [0.717, 1.165) is 15.6 Å². The van der Waals surface area contributed by atoms with Crippen LogP contribution in [0.15, 0.2) is 45.3 Å². The quantitative estimate of drug-likeness (QED) is 0.0898. The fraction of sp³-hybridized carbons (Fsp3) is 0.286. The Morgan fingerprint density at radius 2 is 1.56 bits per heavy atom. The third-order valence-electron chi connectivity index (χ3n) is 3.17. The molecule has 34 heavy (non-hydrogen) atoms. The number of non-ortho nitro benzene ring substituents is 1. The molecule has 0 aliphatic carbocycles. The van der Waals surface area contributed by atoms with E-state index in [-0.39, 0.29) is 18.2 Å². The van der Waals surface area contributed by atoms with E-state index in [4.69, 9.17) is 36.7 Å². The third-order valence-corrected chi connectivity index (χ3v) is 4.65. The van der Waals surface area contributed by atoms with E-state index in [1.54, 1.807) is 25.1 Å². The number of anilines is 1. The van der Waals surface area contributed by atoms with Crippen LogP contribution in [0.2, 0.25) is 4.94 Å². The molecule has 184 valence electrons. The van der Waals surface area contributed by atoms with Crippen LogP contribution in [0.1, 0.15) is 25.0 Å². The van der Waals surface area contributed by atoms with Gasteiger partial charge in [0.1, 0.15) is 0 Å². The molecule has 0 unspecified atom stereocenters. The van der Waals surface area contributed by atoms with E-state index in [0.29, 0.717) is 23.3 Å². The number of hydrogen-bond acceptors (Lipinski definition) is 5. The first-order chi connectivity index (χ1) is 15.9. The summed E-state index contributed by atoms with van der Waals surface area (Å²) in [5.41, 5.74) is 8.00. The van der Waals surface area contributed by atoms with E-state index < -0.39 is 22.4 Å². The van der Waals surface area contributed by atoms with Gasteiger partial charge in [0.15, 0.2) is 0 Å². The molecule has 2 N–H and O–H groups in total. The Bertz CT molecular complexity index is 1010. The van der Waals surface area contributed by atoms with Crippen molar-refractivity contribution in [3.8, 4) is 0 Å². The van der Waals surface area contributed by atoms with Gasteiger partial charge < -0.3 is 20.2 Å². The Balaban J connectivity index is 0. The first-order valence-electron chi connectivity index (χ1n) is 9.44. The van der Waals surface area contributed by atoms with Crippen molar-refractivity contribution in [2.24, 2.45) is 0 Å². The number of nitrogens with zero attached hydrogens (tertiary/aromatic N) is 3. The van der Waals surface area contributed by atoms with Gasteiger partial charge >= 0.3 is 46.3 Å². The molecular formula is C21H24Br2Cl2N4O4Sn. The Kier molecular flexibility index (Phi) is 21.1. The summed E-state index contributed by atoms with van der Waals surface area (Å²) in [5, 5.41) is 10.3. The van der Waals surface area contributed by atoms with Crippen LogP contribution in [0.4, 0.5) is 11.4 Å². The number of hydrogen-bond donors (Lipinski definition) is 1. The predicted molar refractivity (Wildman–Crippen MR) is 147 cm³/mol. The van der Waals surface area contributed by atoms with E-state index in [1.165, 1.54) is 19.1 Å². The monoisotopic (exact) mass is 744 g/mol. The normalized spacial score (nSPS) is 8.88. The minimum absolute atomic E-state index is 0.0283. The van der Waals surface area contributed by atoms with Gasteiger partial charge in [-0.25, -0.2) is 13.1 Å². The average molecular weight is 746 g/mol. The summed E-state index contributed by atoms with van der Waals surface area (Å²) in [6.45, 7) is 17.6. The zero-order chi connectivity index (χ0) is 26.7. The number of benzene rings is 2. The molecule has 0 bridgehead atoms. The third kappa shape index (κ3) is 18.8. The zero-order valence-electron chi connectivity index (χ0n) is 18.7. The Hall–Kier alpha value is -1.57. The van der Waals surface area contributed by atoms with Crippen molar-refractivity contribution in [3.05, 3.63) is 89.4 Å². The second kappa shape index (κ2) is 20.8. The number of nitro benzene ring substituents is 1. The molecule has 0 saturated carbocycles. The van der Waals surface area contributed by atoms with E-state index in [9.17, 15) is 14.9 Å². The second-order valence-corrected chi connectivity index (χ2v) is 20.9. The molecule has 2 aromatic carbocycles. The average Bonchev–Trinajstić information content (AvgIpc) is 2.72. The number of nitro groups is 1. The molecule has 0 radical (unpaired) electrons. The number of rotatable bonds is 4. The van der Waals surface area contributed by atoms with Gasteiger partial charge in [0.25, 0.3) is 5.69 Å². The zero-order valence-corrected chi connectivity index (χ0v) is 26.7. The van der Waals surface area contributed by atoms with Gasteiger partial charge in [0, 0.05) is 44.8 Å². The standard InChI is InChI=1S/C8H5BrN2O2.C8H7BrN2.C4H8O2.CH3.2ClH.Sn.H/c1-10-5-6-2-3-7(11(12)13)4-8(6)9;1-11-5-6-2-3-7(10)4-8(6)9;1-3-6-4(2)5;;;;;/h2-4H,5H2;2-4H,5,10H2;3H2,1-2H3;1H3;2*1H;;/q;;;;;;+2;/p-2. The van der Waals surface area contributed by atoms with Crippen molar-refractivity contribution in [1.29, 1.82) is 0 Å². The molecule has 0 saturated heterocycles. The van der Waals surface area contributed by atoms with Gasteiger partial charge in [-0.05, 0) is 47.1 Å². The van der Waals surface area contributed by atoms with Crippen LogP contribution in [0.25, 0.3) is 9.69 Å². The summed E-state index contributed by atoms with van der Waals surface area (Å²) in [6.07, 6.45) is 0. The van der Waals surface area contributed by atoms with Gasteiger partial charge in [-0.3, -0.25) is 14.9 Å². The maximum atomic E-state index is 10.3. The molecule has 2 aromatic rings. The predicted octanol–water partition coefficient (Wildman–Crippen LogP) is 7.11. The molecule has 0 atom stereocenters. The van der Waals surface area contributed by atoms with Crippen LogP contribution in [-0.2, 0) is 22.6 Å². The van der Waals surface area contributed by atoms with Gasteiger partial charge in [-0.2, -0.15) is 0 Å². The molecule has 13 heteroatoms. The van der Waals surface area contributed by atoms with Crippen LogP contribution >= 0.6 is 49.7 Å². The van der Waals surface area contributed by atoms with Crippen molar-refractivity contribution >= 4 is 84.6 Å². The number of halogens is 4. The Morgan fingerprint density at radius 1 is 1.12 bits per heavy atom. The maximum absolute atomic E-state index is 10.3. The first kappa shape index (κ1) is 34.6. The van der Waals surface area contributed by atoms with E-state index >= 15 is 0 Å².